The van der Waals surface area contributed by atoms with E-state index >= 15 is 0 Å². The second kappa shape index (κ2) is 3.02. The molecule has 0 bridgehead atoms. The maximum absolute atomic E-state index is 5.29. The van der Waals surface area contributed by atoms with Crippen molar-refractivity contribution in [3.63, 3.8) is 0 Å². The summed E-state index contributed by atoms with van der Waals surface area (Å²) in [5.74, 6) is 0.0616. The monoisotopic (exact) mass is 189 g/mol. The molecule has 4 N–H and O–H groups in total. The van der Waals surface area contributed by atoms with Gasteiger partial charge in [0.25, 0.3) is 0 Å². The van der Waals surface area contributed by atoms with Gasteiger partial charge in [0, 0.05) is 7.05 Å². The Morgan fingerprint density at radius 3 is 2.93 bits per heavy atom. The van der Waals surface area contributed by atoms with Gasteiger partial charge in [-0.1, -0.05) is 0 Å². The molecular formula is C9H11N5. The highest BCUT2D eigenvalue weighted by Gasteiger charge is 1.99. The van der Waals surface area contributed by atoms with Crippen LogP contribution in [0.5, 0.6) is 0 Å². The third kappa shape index (κ3) is 1.39. The third-order valence-corrected chi connectivity index (χ3v) is 1.97. The summed E-state index contributed by atoms with van der Waals surface area (Å²) in [6, 6.07) is 5.61. The molecule has 0 spiro atoms. The van der Waals surface area contributed by atoms with Gasteiger partial charge in [0.1, 0.15) is 0 Å². The van der Waals surface area contributed by atoms with Crippen LogP contribution in [0.15, 0.2) is 29.5 Å². The number of guanidine groups is 1. The van der Waals surface area contributed by atoms with Crippen LogP contribution in [0.4, 0.5) is 5.69 Å². The molecule has 0 saturated heterocycles. The fourth-order valence-electron chi connectivity index (χ4n) is 1.33. The highest BCUT2D eigenvalue weighted by atomic mass is 15.0. The average molecular weight is 189 g/mol. The van der Waals surface area contributed by atoms with Gasteiger partial charge in [-0.25, -0.2) is 9.98 Å². The zero-order chi connectivity index (χ0) is 10.1. The van der Waals surface area contributed by atoms with Crippen LogP contribution < -0.4 is 11.5 Å². The Morgan fingerprint density at radius 1 is 1.43 bits per heavy atom. The minimum Gasteiger partial charge on any atom is -0.370 e. The van der Waals surface area contributed by atoms with Crippen molar-refractivity contribution in [2.75, 3.05) is 0 Å². The zero-order valence-electron chi connectivity index (χ0n) is 7.81. The third-order valence-electron chi connectivity index (χ3n) is 1.97. The van der Waals surface area contributed by atoms with Gasteiger partial charge in [0.2, 0.25) is 0 Å². The highest BCUT2D eigenvalue weighted by Crippen LogP contribution is 2.19. The predicted octanol–water partition coefficient (Wildman–Crippen LogP) is 0.478. The lowest BCUT2D eigenvalue weighted by atomic mass is 10.3. The van der Waals surface area contributed by atoms with Crippen molar-refractivity contribution in [3.05, 3.63) is 24.5 Å². The molecule has 0 radical (unpaired) electrons. The number of hydrogen-bond donors (Lipinski definition) is 2. The van der Waals surface area contributed by atoms with Crippen LogP contribution in [0.25, 0.3) is 11.0 Å². The van der Waals surface area contributed by atoms with Crippen molar-refractivity contribution >= 4 is 22.7 Å². The Kier molecular flexibility index (Phi) is 1.85. The molecular weight excluding hydrogens is 178 g/mol. The average Bonchev–Trinajstić information content (AvgIpc) is 2.47. The predicted molar refractivity (Wildman–Crippen MR) is 56.2 cm³/mol. The molecule has 0 saturated carbocycles. The van der Waals surface area contributed by atoms with E-state index in [1.807, 2.05) is 29.8 Å². The fourth-order valence-corrected chi connectivity index (χ4v) is 1.33. The molecule has 0 atom stereocenters. The van der Waals surface area contributed by atoms with Crippen molar-refractivity contribution in [2.24, 2.45) is 23.5 Å². The van der Waals surface area contributed by atoms with Crippen molar-refractivity contribution in [1.82, 2.24) is 9.55 Å². The molecule has 5 heteroatoms. The van der Waals surface area contributed by atoms with Crippen molar-refractivity contribution in [3.8, 4) is 0 Å². The van der Waals surface area contributed by atoms with Crippen LogP contribution in [-0.4, -0.2) is 15.5 Å². The molecule has 5 nitrogen and oxygen atoms in total. The normalized spacial score (nSPS) is 10.4. The molecule has 0 amide bonds. The number of hydrogen-bond acceptors (Lipinski definition) is 2. The molecule has 1 heterocycles. The van der Waals surface area contributed by atoms with Gasteiger partial charge in [-0.3, -0.25) is 0 Å². The molecule has 1 aromatic carbocycles. The molecule has 72 valence electrons. The van der Waals surface area contributed by atoms with Crippen molar-refractivity contribution in [2.45, 2.75) is 0 Å². The smallest absolute Gasteiger partial charge is 0.191 e. The summed E-state index contributed by atoms with van der Waals surface area (Å²) in [6.45, 7) is 0. The van der Waals surface area contributed by atoms with E-state index in [0.29, 0.717) is 0 Å². The molecule has 14 heavy (non-hydrogen) atoms. The van der Waals surface area contributed by atoms with Gasteiger partial charge < -0.3 is 16.0 Å². The minimum atomic E-state index is 0.0616. The first-order valence-electron chi connectivity index (χ1n) is 4.17. The number of nitrogens with zero attached hydrogens (tertiary/aromatic N) is 3. The number of nitrogens with two attached hydrogens (primary N) is 2. The van der Waals surface area contributed by atoms with Crippen molar-refractivity contribution < 1.29 is 0 Å². The maximum atomic E-state index is 5.29. The van der Waals surface area contributed by atoms with Gasteiger partial charge >= 0.3 is 0 Å². The summed E-state index contributed by atoms with van der Waals surface area (Å²) in [4.78, 5) is 8.15. The lowest BCUT2D eigenvalue weighted by molar-refractivity contribution is 0.947. The molecule has 0 aliphatic carbocycles. The summed E-state index contributed by atoms with van der Waals surface area (Å²) in [5, 5.41) is 0. The second-order valence-corrected chi connectivity index (χ2v) is 3.07. The first-order chi connectivity index (χ1) is 6.66. The lowest BCUT2D eigenvalue weighted by Crippen LogP contribution is -2.21. The number of rotatable bonds is 1. The molecule has 2 rings (SSSR count). The van der Waals surface area contributed by atoms with E-state index < -0.39 is 0 Å². The number of aromatic nitrogens is 2. The molecule has 0 fully saturated rings. The topological polar surface area (TPSA) is 82.2 Å². The van der Waals surface area contributed by atoms with Gasteiger partial charge in [0.15, 0.2) is 5.96 Å². The van der Waals surface area contributed by atoms with Gasteiger partial charge in [-0.2, -0.15) is 0 Å². The quantitative estimate of drug-likeness (QED) is 0.505. The Balaban J connectivity index is 2.60. The largest absolute Gasteiger partial charge is 0.370 e. The van der Waals surface area contributed by atoms with Crippen molar-refractivity contribution in [1.29, 1.82) is 0 Å². The number of imidazole rings is 1. The van der Waals surface area contributed by atoms with Gasteiger partial charge in [0.05, 0.1) is 23.0 Å². The van der Waals surface area contributed by atoms with Gasteiger partial charge in [-0.05, 0) is 18.2 Å². The van der Waals surface area contributed by atoms with E-state index in [-0.39, 0.29) is 5.96 Å². The zero-order valence-corrected chi connectivity index (χ0v) is 7.81. The number of fused-ring (bicyclic) bond motifs is 1. The van der Waals surface area contributed by atoms with E-state index in [0.717, 1.165) is 16.7 Å². The fraction of sp³-hybridized carbons (Fsp3) is 0.111. The summed E-state index contributed by atoms with van der Waals surface area (Å²) >= 11 is 0. The molecule has 0 aliphatic heterocycles. The molecule has 0 aliphatic rings. The Bertz CT molecular complexity index is 493. The van der Waals surface area contributed by atoms with Crippen LogP contribution in [-0.2, 0) is 7.05 Å². The second-order valence-electron chi connectivity index (χ2n) is 3.07. The highest BCUT2D eigenvalue weighted by molar-refractivity contribution is 5.83. The van der Waals surface area contributed by atoms with E-state index in [9.17, 15) is 0 Å². The Morgan fingerprint density at radius 2 is 2.21 bits per heavy atom. The first-order valence-corrected chi connectivity index (χ1v) is 4.17. The van der Waals surface area contributed by atoms with E-state index in [1.54, 1.807) is 6.33 Å². The number of benzene rings is 1. The Hall–Kier alpha value is -2.04. The van der Waals surface area contributed by atoms with Crippen LogP contribution in [0.3, 0.4) is 0 Å². The van der Waals surface area contributed by atoms with Crippen LogP contribution >= 0.6 is 0 Å². The van der Waals surface area contributed by atoms with Crippen LogP contribution in [0.1, 0.15) is 0 Å². The maximum Gasteiger partial charge on any atom is 0.191 e. The summed E-state index contributed by atoms with van der Waals surface area (Å²) in [7, 11) is 1.93. The van der Waals surface area contributed by atoms with E-state index in [1.165, 1.54) is 0 Å². The Labute approximate surface area is 81.1 Å². The number of aryl methyl sites for hydroxylation is 1. The summed E-state index contributed by atoms with van der Waals surface area (Å²) < 4.78 is 1.92. The van der Waals surface area contributed by atoms with E-state index in [2.05, 4.69) is 9.98 Å². The molecule has 0 unspecified atom stereocenters. The van der Waals surface area contributed by atoms with Gasteiger partial charge in [-0.15, -0.1) is 0 Å². The lowest BCUT2D eigenvalue weighted by Gasteiger charge is -1.97. The summed E-state index contributed by atoms with van der Waals surface area (Å²) in [5.41, 5.74) is 13.3. The van der Waals surface area contributed by atoms with Crippen LogP contribution in [0, 0.1) is 0 Å². The van der Waals surface area contributed by atoms with E-state index in [4.69, 9.17) is 11.5 Å². The minimum absolute atomic E-state index is 0.0616. The SMILES string of the molecule is Cn1cnc2ccc(N=C(N)N)cc21. The first kappa shape index (κ1) is 8.55. The summed E-state index contributed by atoms with van der Waals surface area (Å²) in [6.07, 6.45) is 1.75. The molecule has 2 aromatic rings. The number of aliphatic imine (C=N–C) groups is 1. The molecule has 1 aromatic heterocycles. The standard InChI is InChI=1S/C9H11N5/c1-14-5-12-7-3-2-6(4-8(7)14)13-9(10)11/h2-5H,1H3,(H4,10,11,13). The van der Waals surface area contributed by atoms with Crippen LogP contribution in [0.2, 0.25) is 0 Å².